The Balaban J connectivity index is 1.68. The summed E-state index contributed by atoms with van der Waals surface area (Å²) in [5.41, 5.74) is 2.47. The molecule has 3 aromatic rings. The van der Waals surface area contributed by atoms with Crippen molar-refractivity contribution in [3.63, 3.8) is 0 Å². The molecule has 0 aliphatic carbocycles. The normalized spacial score (nSPS) is 22.4. The third-order valence-corrected chi connectivity index (χ3v) is 6.21. The molecule has 2 aliphatic heterocycles. The Labute approximate surface area is 175 Å². The van der Waals surface area contributed by atoms with Crippen LogP contribution in [0.3, 0.4) is 0 Å². The van der Waals surface area contributed by atoms with Gasteiger partial charge in [0.25, 0.3) is 5.91 Å². The van der Waals surface area contributed by atoms with Crippen molar-refractivity contribution in [2.75, 3.05) is 16.8 Å². The number of amides is 2. The predicted molar refractivity (Wildman–Crippen MR) is 115 cm³/mol. The van der Waals surface area contributed by atoms with Crippen molar-refractivity contribution in [1.29, 1.82) is 0 Å². The van der Waals surface area contributed by atoms with Crippen molar-refractivity contribution in [3.8, 4) is 0 Å². The first-order chi connectivity index (χ1) is 14.4. The highest BCUT2D eigenvalue weighted by molar-refractivity contribution is 6.15. The van der Waals surface area contributed by atoms with Gasteiger partial charge in [0.1, 0.15) is 5.92 Å². The minimum atomic E-state index is -1.95. The molecule has 0 radical (unpaired) electrons. The number of benzene rings is 3. The van der Waals surface area contributed by atoms with E-state index in [2.05, 4.69) is 0 Å². The second kappa shape index (κ2) is 6.54. The molecule has 0 fully saturated rings. The molecule has 30 heavy (non-hydrogen) atoms. The minimum absolute atomic E-state index is 0.277. The lowest BCUT2D eigenvalue weighted by Crippen LogP contribution is -2.47. The van der Waals surface area contributed by atoms with E-state index in [1.54, 1.807) is 11.9 Å². The van der Waals surface area contributed by atoms with Gasteiger partial charge in [0.05, 0.1) is 12.2 Å². The smallest absolute Gasteiger partial charge is 0.265 e. The largest absolute Gasteiger partial charge is 0.374 e. The summed E-state index contributed by atoms with van der Waals surface area (Å²) in [4.78, 5) is 30.1. The molecule has 2 amide bonds. The Morgan fingerprint density at radius 2 is 1.63 bits per heavy atom. The molecule has 2 atom stereocenters. The van der Waals surface area contributed by atoms with Crippen LogP contribution < -0.4 is 9.80 Å². The zero-order valence-corrected chi connectivity index (χ0v) is 16.9. The number of rotatable bonds is 3. The second-order valence-electron chi connectivity index (χ2n) is 8.05. The Morgan fingerprint density at radius 1 is 0.933 bits per heavy atom. The van der Waals surface area contributed by atoms with Gasteiger partial charge in [-0.2, -0.15) is 0 Å². The Kier molecular flexibility index (Phi) is 4.05. The van der Waals surface area contributed by atoms with Gasteiger partial charge in [0.15, 0.2) is 5.60 Å². The van der Waals surface area contributed by atoms with Crippen LogP contribution in [0.1, 0.15) is 28.2 Å². The second-order valence-corrected chi connectivity index (χ2v) is 8.05. The fraction of sp³-hybridized carbons (Fsp3) is 0.200. The number of hydrogen-bond donors (Lipinski definition) is 1. The zero-order chi connectivity index (χ0) is 21.0. The number of carbonyl (C=O) groups is 2. The molecule has 0 bridgehead atoms. The van der Waals surface area contributed by atoms with Crippen molar-refractivity contribution in [2.45, 2.75) is 25.0 Å². The molecule has 0 saturated heterocycles. The van der Waals surface area contributed by atoms with E-state index in [4.69, 9.17) is 0 Å². The van der Waals surface area contributed by atoms with Gasteiger partial charge in [0, 0.05) is 18.3 Å². The Hall–Kier alpha value is -3.44. The SMILES string of the molecule is Cc1ccc2c(c1)[C@](O)([C@H]1C(=O)N(C)c3ccccc31)C(=O)N2Cc1ccccc1. The summed E-state index contributed by atoms with van der Waals surface area (Å²) in [6, 6.07) is 22.6. The molecule has 0 saturated carbocycles. The van der Waals surface area contributed by atoms with Crippen LogP contribution in [0.4, 0.5) is 11.4 Å². The Morgan fingerprint density at radius 3 is 2.40 bits per heavy atom. The van der Waals surface area contributed by atoms with Crippen LogP contribution in [0.25, 0.3) is 0 Å². The molecular weight excluding hydrogens is 376 g/mol. The number of nitrogens with zero attached hydrogens (tertiary/aromatic N) is 2. The topological polar surface area (TPSA) is 60.9 Å². The molecule has 0 unspecified atom stereocenters. The van der Waals surface area contributed by atoms with Gasteiger partial charge in [-0.25, -0.2) is 0 Å². The first-order valence-electron chi connectivity index (χ1n) is 9.99. The molecule has 5 rings (SSSR count). The van der Waals surface area contributed by atoms with Gasteiger partial charge < -0.3 is 14.9 Å². The molecule has 3 aromatic carbocycles. The van der Waals surface area contributed by atoms with Crippen molar-refractivity contribution in [2.24, 2.45) is 0 Å². The highest BCUT2D eigenvalue weighted by atomic mass is 16.3. The maximum absolute atomic E-state index is 13.8. The number of aliphatic hydroxyl groups is 1. The monoisotopic (exact) mass is 398 g/mol. The first-order valence-corrected chi connectivity index (χ1v) is 9.99. The lowest BCUT2D eigenvalue weighted by Gasteiger charge is -2.28. The summed E-state index contributed by atoms with van der Waals surface area (Å²) >= 11 is 0. The van der Waals surface area contributed by atoms with E-state index in [9.17, 15) is 14.7 Å². The zero-order valence-electron chi connectivity index (χ0n) is 16.9. The number of hydrogen-bond acceptors (Lipinski definition) is 3. The van der Waals surface area contributed by atoms with Crippen molar-refractivity contribution in [1.82, 2.24) is 0 Å². The maximum atomic E-state index is 13.8. The van der Waals surface area contributed by atoms with Gasteiger partial charge >= 0.3 is 0 Å². The molecule has 2 aliphatic rings. The van der Waals surface area contributed by atoms with E-state index in [1.807, 2.05) is 79.7 Å². The summed E-state index contributed by atoms with van der Waals surface area (Å²) in [5.74, 6) is -1.72. The number of carbonyl (C=O) groups excluding carboxylic acids is 2. The number of para-hydroxylation sites is 1. The molecule has 5 nitrogen and oxygen atoms in total. The third-order valence-electron chi connectivity index (χ3n) is 6.21. The number of likely N-dealkylation sites (N-methyl/N-ethyl adjacent to an activating group) is 1. The Bertz CT molecular complexity index is 1170. The van der Waals surface area contributed by atoms with Crippen LogP contribution in [0, 0.1) is 6.92 Å². The molecular formula is C25H22N2O3. The first kappa shape index (κ1) is 18.6. The quantitative estimate of drug-likeness (QED) is 0.735. The van der Waals surface area contributed by atoms with Crippen molar-refractivity contribution >= 4 is 23.2 Å². The number of aryl methyl sites for hydroxylation is 1. The molecule has 2 heterocycles. The van der Waals surface area contributed by atoms with Crippen LogP contribution in [-0.4, -0.2) is 24.0 Å². The predicted octanol–water partition coefficient (Wildman–Crippen LogP) is 3.49. The lowest BCUT2D eigenvalue weighted by molar-refractivity contribution is -0.144. The molecule has 0 spiro atoms. The average Bonchev–Trinajstić information content (AvgIpc) is 3.13. The van der Waals surface area contributed by atoms with Crippen molar-refractivity contribution in [3.05, 3.63) is 95.1 Å². The number of fused-ring (bicyclic) bond motifs is 2. The van der Waals surface area contributed by atoms with Gasteiger partial charge in [-0.15, -0.1) is 0 Å². The van der Waals surface area contributed by atoms with Crippen LogP contribution >= 0.6 is 0 Å². The number of anilines is 2. The summed E-state index contributed by atoms with van der Waals surface area (Å²) in [6.45, 7) is 2.25. The molecule has 150 valence electrons. The van der Waals surface area contributed by atoms with E-state index in [0.29, 0.717) is 23.4 Å². The van der Waals surface area contributed by atoms with Crippen LogP contribution in [0.15, 0.2) is 72.8 Å². The average molecular weight is 398 g/mol. The molecule has 0 aromatic heterocycles. The fourth-order valence-corrected chi connectivity index (χ4v) is 4.71. The highest BCUT2D eigenvalue weighted by Crippen LogP contribution is 2.53. The van der Waals surface area contributed by atoms with Crippen molar-refractivity contribution < 1.29 is 14.7 Å². The van der Waals surface area contributed by atoms with Gasteiger partial charge in [-0.1, -0.05) is 66.2 Å². The van der Waals surface area contributed by atoms with Crippen LogP contribution in [0.5, 0.6) is 0 Å². The summed E-state index contributed by atoms with van der Waals surface area (Å²) in [7, 11) is 1.68. The van der Waals surface area contributed by atoms with Crippen LogP contribution in [-0.2, 0) is 21.7 Å². The van der Waals surface area contributed by atoms with Gasteiger partial charge in [-0.05, 0) is 30.2 Å². The van der Waals surface area contributed by atoms with E-state index in [-0.39, 0.29) is 5.91 Å². The van der Waals surface area contributed by atoms with E-state index < -0.39 is 17.4 Å². The fourth-order valence-electron chi connectivity index (χ4n) is 4.71. The summed E-state index contributed by atoms with van der Waals surface area (Å²) < 4.78 is 0. The third kappa shape index (κ3) is 2.45. The van der Waals surface area contributed by atoms with Gasteiger partial charge in [-0.3, -0.25) is 9.59 Å². The molecule has 5 heteroatoms. The van der Waals surface area contributed by atoms with E-state index in [1.165, 1.54) is 4.90 Å². The van der Waals surface area contributed by atoms with E-state index >= 15 is 0 Å². The van der Waals surface area contributed by atoms with Gasteiger partial charge in [0.2, 0.25) is 5.91 Å². The highest BCUT2D eigenvalue weighted by Gasteiger charge is 2.60. The summed E-state index contributed by atoms with van der Waals surface area (Å²) in [6.07, 6.45) is 0. The minimum Gasteiger partial charge on any atom is -0.374 e. The van der Waals surface area contributed by atoms with Crippen LogP contribution in [0.2, 0.25) is 0 Å². The molecule has 1 N–H and O–H groups in total. The maximum Gasteiger partial charge on any atom is 0.265 e. The summed E-state index contributed by atoms with van der Waals surface area (Å²) in [5, 5.41) is 12.0. The standard InChI is InChI=1S/C25H22N2O3/c1-16-12-13-21-19(14-16)25(30,24(29)27(21)15-17-8-4-3-5-9-17)22-18-10-6-7-11-20(18)26(2)23(22)28/h3-14,22,30H,15H2,1-2H3/t22-,25+/m1/s1. The van der Waals surface area contributed by atoms with E-state index in [0.717, 1.165) is 16.8 Å². The lowest BCUT2D eigenvalue weighted by atomic mass is 9.78.